The van der Waals surface area contributed by atoms with Crippen molar-refractivity contribution < 1.29 is 0 Å². The number of fused-ring (bicyclic) bond motifs is 2. The summed E-state index contributed by atoms with van der Waals surface area (Å²) in [4.78, 5) is 16.9. The molecular formula is C19H13NOS. The van der Waals surface area contributed by atoms with Crippen molar-refractivity contribution in [3.8, 4) is 0 Å². The summed E-state index contributed by atoms with van der Waals surface area (Å²) in [7, 11) is 0. The number of H-pyrrole nitrogens is 1. The minimum atomic E-state index is -0.0446. The number of aromatic amines is 1. The molecule has 106 valence electrons. The van der Waals surface area contributed by atoms with Gasteiger partial charge in [0.25, 0.3) is 5.56 Å². The molecule has 3 heteroatoms. The zero-order valence-electron chi connectivity index (χ0n) is 11.7. The summed E-state index contributed by atoms with van der Waals surface area (Å²) in [5, 5.41) is 3.44. The van der Waals surface area contributed by atoms with E-state index in [-0.39, 0.29) is 5.56 Å². The second kappa shape index (κ2) is 5.35. The maximum atomic E-state index is 12.2. The quantitative estimate of drug-likeness (QED) is 0.575. The van der Waals surface area contributed by atoms with Crippen molar-refractivity contribution in [2.45, 2.75) is 9.79 Å². The number of aromatic nitrogens is 1. The van der Waals surface area contributed by atoms with Gasteiger partial charge >= 0.3 is 0 Å². The van der Waals surface area contributed by atoms with Gasteiger partial charge in [-0.2, -0.15) is 0 Å². The highest BCUT2D eigenvalue weighted by atomic mass is 32.2. The second-order valence-electron chi connectivity index (χ2n) is 5.16. The van der Waals surface area contributed by atoms with E-state index < -0.39 is 0 Å². The van der Waals surface area contributed by atoms with Crippen molar-refractivity contribution in [1.82, 2.24) is 4.98 Å². The molecule has 0 aliphatic carbocycles. The standard InChI is InChI=1S/C19H13NOS/c21-19-18(12-15-7-3-4-8-17(15)20-19)22-16-10-9-13-5-1-2-6-14(13)11-16/h1-12H,(H,20,21). The van der Waals surface area contributed by atoms with Crippen molar-refractivity contribution in [2.75, 3.05) is 0 Å². The van der Waals surface area contributed by atoms with E-state index in [1.54, 1.807) is 0 Å². The summed E-state index contributed by atoms with van der Waals surface area (Å²) in [5.41, 5.74) is 0.826. The van der Waals surface area contributed by atoms with Gasteiger partial charge in [0.15, 0.2) is 0 Å². The van der Waals surface area contributed by atoms with E-state index in [0.717, 1.165) is 15.8 Å². The number of pyridine rings is 1. The van der Waals surface area contributed by atoms with Crippen LogP contribution in [0, 0.1) is 0 Å². The van der Waals surface area contributed by atoms with Crippen molar-refractivity contribution in [1.29, 1.82) is 0 Å². The molecule has 0 radical (unpaired) electrons. The van der Waals surface area contributed by atoms with Gasteiger partial charge in [0.2, 0.25) is 0 Å². The Morgan fingerprint density at radius 1 is 0.727 bits per heavy atom. The van der Waals surface area contributed by atoms with Crippen molar-refractivity contribution in [3.05, 3.63) is 83.2 Å². The maximum absolute atomic E-state index is 12.2. The molecule has 0 fully saturated rings. The Hall–Kier alpha value is -2.52. The van der Waals surface area contributed by atoms with Crippen LogP contribution in [0.5, 0.6) is 0 Å². The van der Waals surface area contributed by atoms with E-state index in [0.29, 0.717) is 4.90 Å². The Balaban J connectivity index is 1.78. The molecule has 1 N–H and O–H groups in total. The topological polar surface area (TPSA) is 32.9 Å². The first kappa shape index (κ1) is 13.2. The molecule has 0 saturated heterocycles. The lowest BCUT2D eigenvalue weighted by Crippen LogP contribution is -2.07. The van der Waals surface area contributed by atoms with E-state index in [4.69, 9.17) is 0 Å². The average molecular weight is 303 g/mol. The molecule has 0 amide bonds. The molecule has 1 aromatic heterocycles. The van der Waals surface area contributed by atoms with Crippen LogP contribution < -0.4 is 5.56 Å². The molecule has 4 rings (SSSR count). The minimum Gasteiger partial charge on any atom is -0.321 e. The van der Waals surface area contributed by atoms with Crippen LogP contribution >= 0.6 is 11.8 Å². The van der Waals surface area contributed by atoms with E-state index >= 15 is 0 Å². The summed E-state index contributed by atoms with van der Waals surface area (Å²) in [6, 6.07) is 24.3. The van der Waals surface area contributed by atoms with Gasteiger partial charge in [0.1, 0.15) is 0 Å². The molecule has 4 aromatic rings. The highest BCUT2D eigenvalue weighted by Crippen LogP contribution is 2.29. The first-order chi connectivity index (χ1) is 10.8. The highest BCUT2D eigenvalue weighted by molar-refractivity contribution is 7.99. The smallest absolute Gasteiger partial charge is 0.262 e. The van der Waals surface area contributed by atoms with Gasteiger partial charge in [-0.05, 0) is 40.4 Å². The van der Waals surface area contributed by atoms with Gasteiger partial charge in [0.05, 0.1) is 4.90 Å². The van der Waals surface area contributed by atoms with Crippen LogP contribution in [0.15, 0.2) is 87.4 Å². The molecule has 3 aromatic carbocycles. The molecule has 0 bridgehead atoms. The molecule has 0 spiro atoms. The van der Waals surface area contributed by atoms with Crippen LogP contribution in [0.1, 0.15) is 0 Å². The average Bonchev–Trinajstić information content (AvgIpc) is 2.55. The molecule has 0 aliphatic rings. The third kappa shape index (κ3) is 2.40. The van der Waals surface area contributed by atoms with E-state index in [1.807, 2.05) is 42.5 Å². The third-order valence-corrected chi connectivity index (χ3v) is 4.68. The summed E-state index contributed by atoms with van der Waals surface area (Å²) in [5.74, 6) is 0. The number of para-hydroxylation sites is 1. The lowest BCUT2D eigenvalue weighted by atomic mass is 10.1. The molecule has 0 unspecified atom stereocenters. The van der Waals surface area contributed by atoms with Gasteiger partial charge < -0.3 is 4.98 Å². The van der Waals surface area contributed by atoms with E-state index in [2.05, 4.69) is 35.3 Å². The van der Waals surface area contributed by atoms with Gasteiger partial charge in [-0.25, -0.2) is 0 Å². The Morgan fingerprint density at radius 2 is 1.45 bits per heavy atom. The Bertz CT molecular complexity index is 1040. The normalized spacial score (nSPS) is 11.1. The fourth-order valence-corrected chi connectivity index (χ4v) is 3.47. The second-order valence-corrected chi connectivity index (χ2v) is 6.28. The minimum absolute atomic E-state index is 0.0446. The molecule has 0 saturated carbocycles. The Kier molecular flexibility index (Phi) is 3.20. The van der Waals surface area contributed by atoms with Crippen molar-refractivity contribution in [2.24, 2.45) is 0 Å². The summed E-state index contributed by atoms with van der Waals surface area (Å²) < 4.78 is 0. The fraction of sp³-hybridized carbons (Fsp3) is 0. The molecule has 2 nitrogen and oxygen atoms in total. The molecule has 1 heterocycles. The zero-order valence-corrected chi connectivity index (χ0v) is 12.6. The van der Waals surface area contributed by atoms with Crippen LogP contribution in [0.3, 0.4) is 0 Å². The van der Waals surface area contributed by atoms with E-state index in [9.17, 15) is 4.79 Å². The van der Waals surface area contributed by atoms with Gasteiger partial charge in [-0.1, -0.05) is 60.3 Å². The Labute approximate surface area is 131 Å². The predicted octanol–water partition coefficient (Wildman–Crippen LogP) is 4.83. The van der Waals surface area contributed by atoms with E-state index in [1.165, 1.54) is 22.5 Å². The van der Waals surface area contributed by atoms with Crippen LogP contribution in [0.4, 0.5) is 0 Å². The van der Waals surface area contributed by atoms with Crippen LogP contribution in [0.25, 0.3) is 21.7 Å². The fourth-order valence-electron chi connectivity index (χ4n) is 2.56. The summed E-state index contributed by atoms with van der Waals surface area (Å²) >= 11 is 1.50. The summed E-state index contributed by atoms with van der Waals surface area (Å²) in [6.45, 7) is 0. The number of benzene rings is 3. The molecular weight excluding hydrogens is 290 g/mol. The SMILES string of the molecule is O=c1[nH]c2ccccc2cc1Sc1ccc2ccccc2c1. The third-order valence-electron chi connectivity index (χ3n) is 3.67. The summed E-state index contributed by atoms with van der Waals surface area (Å²) in [6.07, 6.45) is 0. The van der Waals surface area contributed by atoms with Crippen LogP contribution in [0.2, 0.25) is 0 Å². The molecule has 0 atom stereocenters. The zero-order chi connectivity index (χ0) is 14.9. The molecule has 0 aliphatic heterocycles. The predicted molar refractivity (Wildman–Crippen MR) is 92.6 cm³/mol. The number of nitrogens with one attached hydrogen (secondary N) is 1. The molecule has 22 heavy (non-hydrogen) atoms. The van der Waals surface area contributed by atoms with Gasteiger partial charge in [0, 0.05) is 10.4 Å². The van der Waals surface area contributed by atoms with Gasteiger partial charge in [-0.3, -0.25) is 4.79 Å². The lowest BCUT2D eigenvalue weighted by molar-refractivity contribution is 1.19. The number of rotatable bonds is 2. The Morgan fingerprint density at radius 3 is 2.32 bits per heavy atom. The van der Waals surface area contributed by atoms with Crippen LogP contribution in [-0.4, -0.2) is 4.98 Å². The van der Waals surface area contributed by atoms with Gasteiger partial charge in [-0.15, -0.1) is 0 Å². The monoisotopic (exact) mass is 303 g/mol. The van der Waals surface area contributed by atoms with Crippen molar-refractivity contribution >= 4 is 33.4 Å². The maximum Gasteiger partial charge on any atom is 0.262 e. The first-order valence-electron chi connectivity index (χ1n) is 7.08. The number of hydrogen-bond acceptors (Lipinski definition) is 2. The van der Waals surface area contributed by atoms with Crippen LogP contribution in [-0.2, 0) is 0 Å². The van der Waals surface area contributed by atoms with Crippen molar-refractivity contribution in [3.63, 3.8) is 0 Å². The highest BCUT2D eigenvalue weighted by Gasteiger charge is 2.05. The lowest BCUT2D eigenvalue weighted by Gasteiger charge is -2.05. The first-order valence-corrected chi connectivity index (χ1v) is 7.90. The largest absolute Gasteiger partial charge is 0.321 e. The number of hydrogen-bond donors (Lipinski definition) is 1.